The van der Waals surface area contributed by atoms with Gasteiger partial charge < -0.3 is 29.2 Å². The molecule has 2 heterocycles. The third-order valence-corrected chi connectivity index (χ3v) is 8.28. The Labute approximate surface area is 251 Å². The van der Waals surface area contributed by atoms with Gasteiger partial charge in [-0.05, 0) is 48.7 Å². The highest BCUT2D eigenvalue weighted by molar-refractivity contribution is 6.04. The number of anilines is 1. The molecule has 1 fully saturated rings. The lowest BCUT2D eigenvalue weighted by molar-refractivity contribution is -0.127. The third kappa shape index (κ3) is 5.98. The molecule has 1 aliphatic heterocycles. The van der Waals surface area contributed by atoms with E-state index in [1.807, 2.05) is 30.5 Å². The molecule has 9 nitrogen and oxygen atoms in total. The van der Waals surface area contributed by atoms with Gasteiger partial charge in [-0.1, -0.05) is 37.5 Å². The lowest BCUT2D eigenvalue weighted by Crippen LogP contribution is -2.48. The Bertz CT molecular complexity index is 1610. The molecule has 9 heteroatoms. The van der Waals surface area contributed by atoms with Gasteiger partial charge in [0.05, 0.1) is 20.6 Å². The van der Waals surface area contributed by atoms with Crippen LogP contribution in [-0.2, 0) is 16.0 Å². The van der Waals surface area contributed by atoms with E-state index < -0.39 is 6.04 Å². The highest BCUT2D eigenvalue weighted by atomic mass is 16.6. The number of benzene rings is 3. The van der Waals surface area contributed by atoms with Gasteiger partial charge in [-0.15, -0.1) is 0 Å². The van der Waals surface area contributed by atoms with Crippen molar-refractivity contribution in [2.24, 2.45) is 0 Å². The van der Waals surface area contributed by atoms with Gasteiger partial charge in [0.25, 0.3) is 0 Å². The van der Waals surface area contributed by atoms with E-state index in [-0.39, 0.29) is 24.3 Å². The minimum absolute atomic E-state index is 0.0406. The molecule has 1 atom stereocenters. The van der Waals surface area contributed by atoms with E-state index in [0.29, 0.717) is 47.5 Å². The van der Waals surface area contributed by atoms with Gasteiger partial charge in [-0.2, -0.15) is 0 Å². The highest BCUT2D eigenvalue weighted by Gasteiger charge is 2.37. The van der Waals surface area contributed by atoms with Crippen molar-refractivity contribution in [2.45, 2.75) is 50.6 Å². The SMILES string of the molecule is COc1ccc(C(C(=O)NC2CCCCC2)N(C(=O)Cc2c[nH]c3ccccc23)c2ccc3c(c2)OCCO3)c(OC)c1. The number of para-hydroxylation sites is 1. The standard InChI is InChI=1S/C34H37N3O6/c1-40-25-13-14-27(30(20-25)41-2)33(34(39)36-23-8-4-3-5-9-23)37(24-12-15-29-31(19-24)43-17-16-42-29)32(38)18-22-21-35-28-11-7-6-10-26(22)28/h6-7,10-15,19-21,23,33,35H,3-5,8-9,16-18H2,1-2H3,(H,36,39). The average Bonchev–Trinajstić information content (AvgIpc) is 3.46. The maximum absolute atomic E-state index is 14.6. The van der Waals surface area contributed by atoms with Crippen LogP contribution in [0.3, 0.4) is 0 Å². The quantitative estimate of drug-likeness (QED) is 0.261. The van der Waals surface area contributed by atoms with Crippen molar-refractivity contribution in [1.29, 1.82) is 0 Å². The maximum atomic E-state index is 14.6. The van der Waals surface area contributed by atoms with E-state index in [1.165, 1.54) is 0 Å². The summed E-state index contributed by atoms with van der Waals surface area (Å²) in [7, 11) is 3.13. The molecule has 6 rings (SSSR count). The maximum Gasteiger partial charge on any atom is 0.248 e. The molecule has 2 amide bonds. The number of hydrogen-bond donors (Lipinski definition) is 2. The van der Waals surface area contributed by atoms with Crippen LogP contribution in [-0.4, -0.2) is 50.3 Å². The molecule has 224 valence electrons. The molecular formula is C34H37N3O6. The molecule has 1 aliphatic carbocycles. The second-order valence-corrected chi connectivity index (χ2v) is 11.0. The summed E-state index contributed by atoms with van der Waals surface area (Å²) in [5.41, 5.74) is 2.87. The molecule has 0 radical (unpaired) electrons. The van der Waals surface area contributed by atoms with Crippen LogP contribution in [0.25, 0.3) is 10.9 Å². The molecule has 1 saturated carbocycles. The van der Waals surface area contributed by atoms with Gasteiger partial charge in [0.2, 0.25) is 11.8 Å². The number of H-pyrrole nitrogens is 1. The van der Waals surface area contributed by atoms with Crippen LogP contribution in [0.5, 0.6) is 23.0 Å². The van der Waals surface area contributed by atoms with Crippen molar-refractivity contribution in [3.05, 3.63) is 78.0 Å². The lowest BCUT2D eigenvalue weighted by atomic mass is 9.94. The second-order valence-electron chi connectivity index (χ2n) is 11.0. The highest BCUT2D eigenvalue weighted by Crippen LogP contribution is 2.40. The summed E-state index contributed by atoms with van der Waals surface area (Å²) in [6.07, 6.45) is 7.03. The summed E-state index contributed by atoms with van der Waals surface area (Å²) in [6.45, 7) is 0.850. The number of nitrogens with one attached hydrogen (secondary N) is 2. The molecule has 1 unspecified atom stereocenters. The Balaban J connectivity index is 1.47. The minimum atomic E-state index is -1.02. The Morgan fingerprint density at radius 2 is 1.74 bits per heavy atom. The largest absolute Gasteiger partial charge is 0.497 e. The van der Waals surface area contributed by atoms with E-state index >= 15 is 0 Å². The molecule has 43 heavy (non-hydrogen) atoms. The molecule has 2 aliphatic rings. The van der Waals surface area contributed by atoms with Crippen molar-refractivity contribution in [2.75, 3.05) is 32.3 Å². The van der Waals surface area contributed by atoms with Crippen molar-refractivity contribution < 1.29 is 28.5 Å². The van der Waals surface area contributed by atoms with Crippen LogP contribution in [0.4, 0.5) is 5.69 Å². The Kier molecular flexibility index (Phi) is 8.40. The van der Waals surface area contributed by atoms with Crippen LogP contribution in [0.15, 0.2) is 66.9 Å². The van der Waals surface area contributed by atoms with Gasteiger partial charge in [0.1, 0.15) is 30.8 Å². The number of fused-ring (bicyclic) bond motifs is 2. The van der Waals surface area contributed by atoms with Crippen LogP contribution < -0.4 is 29.2 Å². The fourth-order valence-electron chi connectivity index (χ4n) is 6.11. The predicted octanol–water partition coefficient (Wildman–Crippen LogP) is 5.72. The van der Waals surface area contributed by atoms with Crippen molar-refractivity contribution in [1.82, 2.24) is 10.3 Å². The number of nitrogens with zero attached hydrogens (tertiary/aromatic N) is 1. The summed E-state index contributed by atoms with van der Waals surface area (Å²) in [4.78, 5) is 33.8. The van der Waals surface area contributed by atoms with Crippen LogP contribution in [0.1, 0.15) is 49.3 Å². The number of hydrogen-bond acceptors (Lipinski definition) is 6. The fraction of sp³-hybridized carbons (Fsp3) is 0.353. The van der Waals surface area contributed by atoms with Gasteiger partial charge in [0.15, 0.2) is 11.5 Å². The molecule has 3 aromatic carbocycles. The summed E-state index contributed by atoms with van der Waals surface area (Å²) in [6, 6.07) is 17.6. The van der Waals surface area contributed by atoms with Gasteiger partial charge in [0, 0.05) is 46.5 Å². The molecule has 0 saturated heterocycles. The summed E-state index contributed by atoms with van der Waals surface area (Å²) >= 11 is 0. The van der Waals surface area contributed by atoms with Crippen molar-refractivity contribution in [3.8, 4) is 23.0 Å². The first-order valence-corrected chi connectivity index (χ1v) is 14.8. The predicted molar refractivity (Wildman–Crippen MR) is 164 cm³/mol. The summed E-state index contributed by atoms with van der Waals surface area (Å²) < 4.78 is 22.9. The van der Waals surface area contributed by atoms with Crippen LogP contribution in [0, 0.1) is 0 Å². The normalized spacial score (nSPS) is 15.5. The molecule has 4 aromatic rings. The molecule has 1 aromatic heterocycles. The summed E-state index contributed by atoms with van der Waals surface area (Å²) in [5, 5.41) is 4.23. The monoisotopic (exact) mass is 583 g/mol. The van der Waals surface area contributed by atoms with Gasteiger partial charge in [-0.3, -0.25) is 14.5 Å². The number of aromatic nitrogens is 1. The third-order valence-electron chi connectivity index (χ3n) is 8.28. The van der Waals surface area contributed by atoms with Crippen molar-refractivity contribution in [3.63, 3.8) is 0 Å². The van der Waals surface area contributed by atoms with E-state index in [2.05, 4.69) is 10.3 Å². The first kappa shape index (κ1) is 28.5. The number of amides is 2. The molecule has 0 bridgehead atoms. The molecular weight excluding hydrogens is 546 g/mol. The lowest BCUT2D eigenvalue weighted by Gasteiger charge is -2.34. The zero-order valence-corrected chi connectivity index (χ0v) is 24.6. The number of ether oxygens (including phenoxy) is 4. The number of aromatic amines is 1. The van der Waals surface area contributed by atoms with E-state index in [9.17, 15) is 9.59 Å². The Hall–Kier alpha value is -4.66. The second kappa shape index (κ2) is 12.7. The topological polar surface area (TPSA) is 102 Å². The van der Waals surface area contributed by atoms with Crippen molar-refractivity contribution >= 4 is 28.4 Å². The van der Waals surface area contributed by atoms with E-state index in [0.717, 1.165) is 48.6 Å². The Morgan fingerprint density at radius 3 is 2.53 bits per heavy atom. The number of carbonyl (C=O) groups is 2. The van der Waals surface area contributed by atoms with Crippen LogP contribution >= 0.6 is 0 Å². The Morgan fingerprint density at radius 1 is 0.953 bits per heavy atom. The molecule has 2 N–H and O–H groups in total. The first-order valence-electron chi connectivity index (χ1n) is 14.8. The van der Waals surface area contributed by atoms with Gasteiger partial charge >= 0.3 is 0 Å². The average molecular weight is 584 g/mol. The zero-order chi connectivity index (χ0) is 29.8. The smallest absolute Gasteiger partial charge is 0.248 e. The number of methoxy groups -OCH3 is 2. The fourth-order valence-corrected chi connectivity index (χ4v) is 6.11. The van der Waals surface area contributed by atoms with E-state index in [4.69, 9.17) is 18.9 Å². The van der Waals surface area contributed by atoms with Crippen LogP contribution in [0.2, 0.25) is 0 Å². The minimum Gasteiger partial charge on any atom is -0.497 e. The summed E-state index contributed by atoms with van der Waals surface area (Å²) in [5.74, 6) is 1.65. The molecule has 0 spiro atoms. The van der Waals surface area contributed by atoms with E-state index in [1.54, 1.807) is 55.5 Å². The number of rotatable bonds is 9. The number of carbonyl (C=O) groups excluding carboxylic acids is 2. The zero-order valence-electron chi connectivity index (χ0n) is 24.6. The first-order chi connectivity index (χ1) is 21.1. The van der Waals surface area contributed by atoms with Gasteiger partial charge in [-0.25, -0.2) is 0 Å².